The van der Waals surface area contributed by atoms with Gasteiger partial charge in [0.05, 0.1) is 11.8 Å². The number of carboxylic acid groups (broad SMARTS) is 1. The van der Waals surface area contributed by atoms with Crippen LogP contribution in [-0.4, -0.2) is 46.5 Å². The molecule has 1 aromatic carbocycles. The molecule has 40 heavy (non-hydrogen) atoms. The smallest absolute Gasteiger partial charge is 0.477 e. The molecule has 0 amide bonds. The minimum Gasteiger partial charge on any atom is -0.477 e. The maximum absolute atomic E-state index is 12.8. The fourth-order valence-electron chi connectivity index (χ4n) is 3.86. The van der Waals surface area contributed by atoms with Gasteiger partial charge in [-0.1, -0.05) is 53.5 Å². The number of esters is 2. The first-order valence-electron chi connectivity index (χ1n) is 14.1. The van der Waals surface area contributed by atoms with Gasteiger partial charge in [-0.15, -0.1) is 0 Å². The van der Waals surface area contributed by atoms with Gasteiger partial charge in [0.2, 0.25) is 0 Å². The Morgan fingerprint density at radius 3 is 1.82 bits per heavy atom. The molecule has 2 N–H and O–H groups in total. The fourth-order valence-corrected chi connectivity index (χ4v) is 3.86. The van der Waals surface area contributed by atoms with Gasteiger partial charge in [0.15, 0.2) is 11.5 Å². The van der Waals surface area contributed by atoms with Crippen molar-refractivity contribution in [2.45, 2.75) is 118 Å². The van der Waals surface area contributed by atoms with Gasteiger partial charge < -0.3 is 24.1 Å². The van der Waals surface area contributed by atoms with Gasteiger partial charge in [0.1, 0.15) is 5.60 Å². The molecule has 0 radical (unpaired) electrons. The van der Waals surface area contributed by atoms with E-state index in [1.807, 2.05) is 20.8 Å². The van der Waals surface area contributed by atoms with Gasteiger partial charge in [-0.3, -0.25) is 14.9 Å². The minimum atomic E-state index is -2.19. The van der Waals surface area contributed by atoms with Crippen molar-refractivity contribution in [2.24, 2.45) is 11.8 Å². The van der Waals surface area contributed by atoms with Crippen molar-refractivity contribution in [3.63, 3.8) is 0 Å². The van der Waals surface area contributed by atoms with E-state index in [1.165, 1.54) is 18.2 Å². The van der Waals surface area contributed by atoms with E-state index in [-0.39, 0.29) is 23.8 Å². The first-order chi connectivity index (χ1) is 18.6. The van der Waals surface area contributed by atoms with Gasteiger partial charge in [-0.25, -0.2) is 9.59 Å². The molecule has 0 fully saturated rings. The summed E-state index contributed by atoms with van der Waals surface area (Å²) in [5, 5.41) is 13.1. The van der Waals surface area contributed by atoms with Crippen molar-refractivity contribution in [3.05, 3.63) is 23.8 Å². The Morgan fingerprint density at radius 1 is 0.850 bits per heavy atom. The highest BCUT2D eigenvalue weighted by Gasteiger charge is 2.45. The van der Waals surface area contributed by atoms with E-state index in [1.54, 1.807) is 41.5 Å². The lowest BCUT2D eigenvalue weighted by Gasteiger charge is -2.33. The van der Waals surface area contributed by atoms with Crippen LogP contribution in [0.2, 0.25) is 0 Å². The Hall–Kier alpha value is -3.14. The second-order valence-corrected chi connectivity index (χ2v) is 11.2. The molecule has 226 valence electrons. The van der Waals surface area contributed by atoms with Gasteiger partial charge >= 0.3 is 24.1 Å². The molecule has 1 rings (SSSR count). The number of ether oxygens (including phenoxy) is 4. The standard InChI is InChI=1S/C30H47NO9/c1-10-13-20(6)25(32)37-23-16-15-22(17-24(23)38-26(33)21(7)14-11-2)18-30(27(34)35,31-19(4)5)40-28(36)39-29(8,9)12-3/h15-17,19-21,31H,10-14,18H2,1-9H3,(H,34,35)/t20?,21?,30-/m0/s1. The minimum absolute atomic E-state index is 0.0268. The summed E-state index contributed by atoms with van der Waals surface area (Å²) < 4.78 is 22.0. The zero-order chi connectivity index (χ0) is 30.7. The van der Waals surface area contributed by atoms with Crippen LogP contribution in [0.15, 0.2) is 18.2 Å². The normalized spacial score (nSPS) is 14.6. The van der Waals surface area contributed by atoms with E-state index in [9.17, 15) is 24.3 Å². The van der Waals surface area contributed by atoms with Gasteiger partial charge in [0, 0.05) is 12.5 Å². The van der Waals surface area contributed by atoms with Crippen LogP contribution in [0, 0.1) is 11.8 Å². The summed E-state index contributed by atoms with van der Waals surface area (Å²) in [6.45, 7) is 16.0. The van der Waals surface area contributed by atoms with Crippen LogP contribution in [0.4, 0.5) is 4.79 Å². The average molecular weight is 566 g/mol. The predicted octanol–water partition coefficient (Wildman–Crippen LogP) is 6.03. The molecule has 0 spiro atoms. The van der Waals surface area contributed by atoms with Crippen molar-refractivity contribution in [2.75, 3.05) is 0 Å². The van der Waals surface area contributed by atoms with Crippen molar-refractivity contribution in [1.82, 2.24) is 5.32 Å². The second kappa shape index (κ2) is 15.6. The lowest BCUT2D eigenvalue weighted by atomic mass is 10.0. The predicted molar refractivity (Wildman–Crippen MR) is 150 cm³/mol. The quantitative estimate of drug-likeness (QED) is 0.139. The highest BCUT2D eigenvalue weighted by Crippen LogP contribution is 2.33. The molecule has 0 saturated carbocycles. The van der Waals surface area contributed by atoms with E-state index >= 15 is 0 Å². The summed E-state index contributed by atoms with van der Waals surface area (Å²) in [5.41, 5.74) is -2.71. The number of carboxylic acids is 1. The fraction of sp³-hybridized carbons (Fsp3) is 0.667. The summed E-state index contributed by atoms with van der Waals surface area (Å²) in [4.78, 5) is 50.6. The summed E-state index contributed by atoms with van der Waals surface area (Å²) in [5.74, 6) is -3.18. The van der Waals surface area contributed by atoms with Gasteiger partial charge in [0.25, 0.3) is 5.72 Å². The third-order valence-corrected chi connectivity index (χ3v) is 6.47. The van der Waals surface area contributed by atoms with E-state index in [0.29, 0.717) is 24.8 Å². The van der Waals surface area contributed by atoms with Crippen molar-refractivity contribution in [3.8, 4) is 11.5 Å². The number of carbonyl (C=O) groups is 4. The Kier molecular flexibility index (Phi) is 13.6. The maximum atomic E-state index is 12.8. The molecule has 3 atom stereocenters. The third kappa shape index (κ3) is 10.8. The van der Waals surface area contributed by atoms with Crippen LogP contribution >= 0.6 is 0 Å². The SMILES string of the molecule is CCCC(C)C(=O)Oc1ccc(C[C@](NC(C)C)(OC(=O)OC(C)(C)CC)C(=O)O)cc1OC(=O)C(C)CCC. The molecule has 0 saturated heterocycles. The molecule has 0 aliphatic carbocycles. The third-order valence-electron chi connectivity index (χ3n) is 6.47. The first kappa shape index (κ1) is 34.9. The largest absolute Gasteiger partial charge is 0.511 e. The van der Waals surface area contributed by atoms with E-state index in [0.717, 1.165) is 12.8 Å². The van der Waals surface area contributed by atoms with Gasteiger partial charge in [-0.2, -0.15) is 0 Å². The molecular formula is C30H47NO9. The van der Waals surface area contributed by atoms with E-state index in [4.69, 9.17) is 18.9 Å². The summed E-state index contributed by atoms with van der Waals surface area (Å²) in [6, 6.07) is 4.01. The molecule has 0 heterocycles. The highest BCUT2D eigenvalue weighted by molar-refractivity contribution is 5.81. The monoisotopic (exact) mass is 565 g/mol. The van der Waals surface area contributed by atoms with Crippen molar-refractivity contribution < 1.29 is 43.2 Å². The Bertz CT molecular complexity index is 1020. The number of nitrogens with one attached hydrogen (secondary N) is 1. The van der Waals surface area contributed by atoms with Crippen LogP contribution in [-0.2, 0) is 30.3 Å². The molecule has 10 nitrogen and oxygen atoms in total. The number of hydrogen-bond acceptors (Lipinski definition) is 9. The number of hydrogen-bond donors (Lipinski definition) is 2. The Balaban J connectivity index is 3.49. The zero-order valence-corrected chi connectivity index (χ0v) is 25.4. The Morgan fingerprint density at radius 2 is 1.38 bits per heavy atom. The van der Waals surface area contributed by atoms with Gasteiger partial charge in [-0.05, 0) is 64.7 Å². The maximum Gasteiger partial charge on any atom is 0.511 e. The van der Waals surface area contributed by atoms with Crippen LogP contribution in [0.3, 0.4) is 0 Å². The van der Waals surface area contributed by atoms with Crippen LogP contribution in [0.5, 0.6) is 11.5 Å². The van der Waals surface area contributed by atoms with Crippen molar-refractivity contribution >= 4 is 24.1 Å². The Labute approximate surface area is 238 Å². The number of aliphatic carboxylic acids is 1. The summed E-state index contributed by atoms with van der Waals surface area (Å²) in [6.07, 6.45) is 1.81. The average Bonchev–Trinajstić information content (AvgIpc) is 2.84. The zero-order valence-electron chi connectivity index (χ0n) is 25.4. The van der Waals surface area contributed by atoms with E-state index < -0.39 is 47.3 Å². The number of carbonyl (C=O) groups excluding carboxylic acids is 3. The van der Waals surface area contributed by atoms with E-state index in [2.05, 4.69) is 5.32 Å². The lowest BCUT2D eigenvalue weighted by Crippen LogP contribution is -2.59. The summed E-state index contributed by atoms with van der Waals surface area (Å²) >= 11 is 0. The van der Waals surface area contributed by atoms with Crippen LogP contribution < -0.4 is 14.8 Å². The van der Waals surface area contributed by atoms with Crippen LogP contribution in [0.1, 0.15) is 100.0 Å². The second-order valence-electron chi connectivity index (χ2n) is 11.2. The number of rotatable bonds is 16. The lowest BCUT2D eigenvalue weighted by molar-refractivity contribution is -0.169. The molecule has 1 aromatic rings. The summed E-state index contributed by atoms with van der Waals surface area (Å²) in [7, 11) is 0. The molecule has 10 heteroatoms. The topological polar surface area (TPSA) is 137 Å². The molecule has 0 aliphatic rings. The molecule has 0 aliphatic heterocycles. The first-order valence-corrected chi connectivity index (χ1v) is 14.1. The number of benzene rings is 1. The molecular weight excluding hydrogens is 518 g/mol. The highest BCUT2D eigenvalue weighted by atomic mass is 16.8. The molecule has 2 unspecified atom stereocenters. The van der Waals surface area contributed by atoms with Crippen LogP contribution in [0.25, 0.3) is 0 Å². The molecule has 0 bridgehead atoms. The van der Waals surface area contributed by atoms with Crippen molar-refractivity contribution in [1.29, 1.82) is 0 Å². The molecule has 0 aromatic heterocycles.